The van der Waals surface area contributed by atoms with Gasteiger partial charge in [0, 0.05) is 6.04 Å². The van der Waals surface area contributed by atoms with Crippen LogP contribution in [0, 0.1) is 0 Å². The van der Waals surface area contributed by atoms with E-state index < -0.39 is 0 Å². The first-order valence-corrected chi connectivity index (χ1v) is 8.58. The van der Waals surface area contributed by atoms with Crippen molar-refractivity contribution in [2.45, 2.75) is 32.2 Å². The maximum atomic E-state index is 6.30. The largest absolute Gasteiger partial charge is 0.313 e. The summed E-state index contributed by atoms with van der Waals surface area (Å²) < 4.78 is 0. The van der Waals surface area contributed by atoms with Gasteiger partial charge < -0.3 is 5.32 Å². The number of hydrogen-bond donors (Lipinski definition) is 1. The van der Waals surface area contributed by atoms with Gasteiger partial charge in [-0.05, 0) is 59.8 Å². The summed E-state index contributed by atoms with van der Waals surface area (Å²) in [5, 5.41) is 9.25. The zero-order valence-corrected chi connectivity index (χ0v) is 13.9. The smallest absolute Gasteiger partial charge is 0.0624 e. The third kappa shape index (κ3) is 4.49. The van der Waals surface area contributed by atoms with Crippen LogP contribution < -0.4 is 5.32 Å². The second-order valence-electron chi connectivity index (χ2n) is 4.90. The van der Waals surface area contributed by atoms with Crippen LogP contribution in [-0.2, 0) is 12.8 Å². The molecule has 4 heteroatoms. The van der Waals surface area contributed by atoms with E-state index in [1.807, 2.05) is 12.1 Å². The number of hydrogen-bond acceptors (Lipinski definition) is 2. The fourth-order valence-electron chi connectivity index (χ4n) is 2.23. The molecule has 0 radical (unpaired) electrons. The standard InChI is InChI=1S/C16H19Cl2NS/c1-2-7-19-14(9-12-6-8-20-11-12)10-13-4-3-5-15(17)16(13)18/h3-6,8,11,14,19H,2,7,9-10H2,1H3. The van der Waals surface area contributed by atoms with Gasteiger partial charge in [0.2, 0.25) is 0 Å². The van der Waals surface area contributed by atoms with Crippen LogP contribution in [-0.4, -0.2) is 12.6 Å². The number of rotatable bonds is 7. The molecule has 1 aromatic heterocycles. The average Bonchev–Trinajstić information content (AvgIpc) is 2.94. The summed E-state index contributed by atoms with van der Waals surface area (Å²) in [5.41, 5.74) is 2.49. The first kappa shape index (κ1) is 15.8. The van der Waals surface area contributed by atoms with Gasteiger partial charge in [-0.2, -0.15) is 11.3 Å². The van der Waals surface area contributed by atoms with Crippen molar-refractivity contribution in [1.82, 2.24) is 5.32 Å². The fourth-order valence-corrected chi connectivity index (χ4v) is 3.31. The molecule has 0 saturated carbocycles. The molecule has 1 aromatic carbocycles. The highest BCUT2D eigenvalue weighted by Gasteiger charge is 2.13. The van der Waals surface area contributed by atoms with Crippen molar-refractivity contribution in [1.29, 1.82) is 0 Å². The first-order chi connectivity index (χ1) is 9.70. The van der Waals surface area contributed by atoms with Crippen molar-refractivity contribution < 1.29 is 0 Å². The highest BCUT2D eigenvalue weighted by molar-refractivity contribution is 7.07. The molecule has 0 fully saturated rings. The van der Waals surface area contributed by atoms with Crippen molar-refractivity contribution in [2.75, 3.05) is 6.54 Å². The molecule has 0 spiro atoms. The summed E-state index contributed by atoms with van der Waals surface area (Å²) in [6, 6.07) is 8.43. The van der Waals surface area contributed by atoms with Gasteiger partial charge in [-0.25, -0.2) is 0 Å². The number of halogens is 2. The number of nitrogens with one attached hydrogen (secondary N) is 1. The molecule has 2 aromatic rings. The maximum absolute atomic E-state index is 6.30. The molecule has 1 atom stereocenters. The monoisotopic (exact) mass is 327 g/mol. The Morgan fingerprint density at radius 3 is 2.75 bits per heavy atom. The number of thiophene rings is 1. The first-order valence-electron chi connectivity index (χ1n) is 6.88. The van der Waals surface area contributed by atoms with Crippen LogP contribution in [0.5, 0.6) is 0 Å². The highest BCUT2D eigenvalue weighted by atomic mass is 35.5. The van der Waals surface area contributed by atoms with E-state index in [-0.39, 0.29) is 0 Å². The minimum atomic E-state index is 0.389. The molecule has 1 N–H and O–H groups in total. The highest BCUT2D eigenvalue weighted by Crippen LogP contribution is 2.27. The lowest BCUT2D eigenvalue weighted by molar-refractivity contribution is 0.505. The fraction of sp³-hybridized carbons (Fsp3) is 0.375. The van der Waals surface area contributed by atoms with Crippen LogP contribution in [0.1, 0.15) is 24.5 Å². The van der Waals surface area contributed by atoms with Crippen LogP contribution in [0.4, 0.5) is 0 Å². The van der Waals surface area contributed by atoms with Crippen LogP contribution >= 0.6 is 34.5 Å². The van der Waals surface area contributed by atoms with E-state index in [2.05, 4.69) is 35.1 Å². The summed E-state index contributed by atoms with van der Waals surface area (Å²) in [6.45, 7) is 3.20. The Kier molecular flexibility index (Phi) is 6.37. The molecule has 0 aliphatic rings. The van der Waals surface area contributed by atoms with E-state index >= 15 is 0 Å². The normalized spacial score (nSPS) is 12.6. The van der Waals surface area contributed by atoms with E-state index in [9.17, 15) is 0 Å². The Hall–Kier alpha value is -0.540. The van der Waals surface area contributed by atoms with Gasteiger partial charge in [-0.3, -0.25) is 0 Å². The van der Waals surface area contributed by atoms with E-state index in [0.717, 1.165) is 31.4 Å². The molecule has 0 aliphatic heterocycles. The van der Waals surface area contributed by atoms with Crippen LogP contribution in [0.2, 0.25) is 10.0 Å². The number of benzene rings is 1. The molecular weight excluding hydrogens is 309 g/mol. The van der Waals surface area contributed by atoms with Gasteiger partial charge in [-0.1, -0.05) is 42.3 Å². The summed E-state index contributed by atoms with van der Waals surface area (Å²) in [7, 11) is 0. The van der Waals surface area contributed by atoms with Crippen molar-refractivity contribution >= 4 is 34.5 Å². The topological polar surface area (TPSA) is 12.0 Å². The quantitative estimate of drug-likeness (QED) is 0.736. The van der Waals surface area contributed by atoms with Crippen molar-refractivity contribution in [3.05, 3.63) is 56.2 Å². The SMILES string of the molecule is CCCNC(Cc1ccsc1)Cc1cccc(Cl)c1Cl. The Labute approximate surface area is 134 Å². The van der Waals surface area contributed by atoms with Crippen molar-refractivity contribution in [2.24, 2.45) is 0 Å². The van der Waals surface area contributed by atoms with Gasteiger partial charge >= 0.3 is 0 Å². The molecule has 0 amide bonds. The molecule has 1 heterocycles. The molecule has 0 aliphatic carbocycles. The van der Waals surface area contributed by atoms with E-state index in [4.69, 9.17) is 23.2 Å². The summed E-state index contributed by atoms with van der Waals surface area (Å²) >= 11 is 14.1. The maximum Gasteiger partial charge on any atom is 0.0624 e. The second kappa shape index (κ2) is 8.04. The minimum absolute atomic E-state index is 0.389. The van der Waals surface area contributed by atoms with Crippen molar-refractivity contribution in [3.8, 4) is 0 Å². The lowest BCUT2D eigenvalue weighted by atomic mass is 10.0. The predicted octanol–water partition coefficient (Wildman–Crippen LogP) is 5.21. The summed E-state index contributed by atoms with van der Waals surface area (Å²) in [6.07, 6.45) is 3.05. The third-order valence-corrected chi connectivity index (χ3v) is 4.83. The van der Waals surface area contributed by atoms with E-state index in [1.165, 1.54) is 5.56 Å². The van der Waals surface area contributed by atoms with E-state index in [1.54, 1.807) is 11.3 Å². The molecule has 20 heavy (non-hydrogen) atoms. The zero-order chi connectivity index (χ0) is 14.4. The summed E-state index contributed by atoms with van der Waals surface area (Å²) in [5.74, 6) is 0. The Bertz CT molecular complexity index is 525. The van der Waals surface area contributed by atoms with Crippen LogP contribution in [0.15, 0.2) is 35.0 Å². The average molecular weight is 328 g/mol. The summed E-state index contributed by atoms with van der Waals surface area (Å²) in [4.78, 5) is 0. The second-order valence-corrected chi connectivity index (χ2v) is 6.47. The zero-order valence-electron chi connectivity index (χ0n) is 11.5. The molecule has 108 valence electrons. The lowest BCUT2D eigenvalue weighted by Gasteiger charge is -2.19. The van der Waals surface area contributed by atoms with Gasteiger partial charge in [-0.15, -0.1) is 0 Å². The molecule has 0 saturated heterocycles. The van der Waals surface area contributed by atoms with Crippen LogP contribution in [0.3, 0.4) is 0 Å². The molecular formula is C16H19Cl2NS. The van der Waals surface area contributed by atoms with Gasteiger partial charge in [0.05, 0.1) is 10.0 Å². The molecule has 2 rings (SSSR count). The molecule has 1 unspecified atom stereocenters. The predicted molar refractivity (Wildman–Crippen MR) is 90.3 cm³/mol. The van der Waals surface area contributed by atoms with Crippen LogP contribution in [0.25, 0.3) is 0 Å². The van der Waals surface area contributed by atoms with Gasteiger partial charge in [0.25, 0.3) is 0 Å². The Morgan fingerprint density at radius 1 is 1.20 bits per heavy atom. The lowest BCUT2D eigenvalue weighted by Crippen LogP contribution is -2.33. The molecule has 0 bridgehead atoms. The van der Waals surface area contributed by atoms with Gasteiger partial charge in [0.1, 0.15) is 0 Å². The third-order valence-electron chi connectivity index (χ3n) is 3.24. The van der Waals surface area contributed by atoms with E-state index in [0.29, 0.717) is 16.1 Å². The Morgan fingerprint density at radius 2 is 2.05 bits per heavy atom. The van der Waals surface area contributed by atoms with Gasteiger partial charge in [0.15, 0.2) is 0 Å². The van der Waals surface area contributed by atoms with Crippen molar-refractivity contribution in [3.63, 3.8) is 0 Å². The molecule has 1 nitrogen and oxygen atoms in total. The Balaban J connectivity index is 2.08. The minimum Gasteiger partial charge on any atom is -0.313 e.